The van der Waals surface area contributed by atoms with Crippen LogP contribution in [0.25, 0.3) is 0 Å². The van der Waals surface area contributed by atoms with Crippen molar-refractivity contribution in [1.82, 2.24) is 9.88 Å². The number of aromatic nitrogens is 1. The standard InChI is InChI=1S/C10H20N4OS/c1-3-14(5-6-15-4-2)8-9-7-12-10(13-11)16-9/h7H,3-6,8,11H2,1-2H3,(H,12,13). The minimum Gasteiger partial charge on any atom is -0.380 e. The van der Waals surface area contributed by atoms with E-state index in [0.29, 0.717) is 0 Å². The number of nitrogens with one attached hydrogen (secondary N) is 1. The number of rotatable bonds is 8. The molecule has 0 aliphatic carbocycles. The Kier molecular flexibility index (Phi) is 6.32. The van der Waals surface area contributed by atoms with Gasteiger partial charge in [0.2, 0.25) is 0 Å². The molecule has 6 heteroatoms. The highest BCUT2D eigenvalue weighted by molar-refractivity contribution is 7.15. The van der Waals surface area contributed by atoms with Crippen molar-refractivity contribution in [3.05, 3.63) is 11.1 Å². The Hall–Kier alpha value is -0.690. The Bertz CT molecular complexity index is 292. The van der Waals surface area contributed by atoms with Gasteiger partial charge in [0.1, 0.15) is 0 Å². The average molecular weight is 244 g/mol. The molecule has 1 aromatic heterocycles. The van der Waals surface area contributed by atoms with E-state index in [9.17, 15) is 0 Å². The smallest absolute Gasteiger partial charge is 0.197 e. The van der Waals surface area contributed by atoms with Gasteiger partial charge in [0.05, 0.1) is 6.61 Å². The molecule has 0 aromatic carbocycles. The van der Waals surface area contributed by atoms with Crippen LogP contribution in [-0.2, 0) is 11.3 Å². The number of nitrogens with zero attached hydrogens (tertiary/aromatic N) is 2. The Morgan fingerprint density at radius 3 is 2.94 bits per heavy atom. The van der Waals surface area contributed by atoms with Crippen LogP contribution in [0.3, 0.4) is 0 Å². The molecule has 16 heavy (non-hydrogen) atoms. The van der Waals surface area contributed by atoms with Crippen LogP contribution in [0.4, 0.5) is 5.13 Å². The molecule has 0 radical (unpaired) electrons. The summed E-state index contributed by atoms with van der Waals surface area (Å²) in [6, 6.07) is 0. The zero-order valence-corrected chi connectivity index (χ0v) is 10.7. The fraction of sp³-hybridized carbons (Fsp3) is 0.700. The van der Waals surface area contributed by atoms with Gasteiger partial charge >= 0.3 is 0 Å². The molecule has 1 aromatic rings. The molecule has 5 nitrogen and oxygen atoms in total. The predicted octanol–water partition coefficient (Wildman–Crippen LogP) is 1.29. The van der Waals surface area contributed by atoms with Gasteiger partial charge in [-0.05, 0) is 13.5 Å². The third-order valence-electron chi connectivity index (χ3n) is 2.26. The predicted molar refractivity (Wildman–Crippen MR) is 67.4 cm³/mol. The van der Waals surface area contributed by atoms with Crippen LogP contribution in [0.5, 0.6) is 0 Å². The number of nitrogens with two attached hydrogens (primary N) is 1. The first-order chi connectivity index (χ1) is 7.80. The minimum atomic E-state index is 0.760. The summed E-state index contributed by atoms with van der Waals surface area (Å²) in [5, 5.41) is 0.760. The van der Waals surface area contributed by atoms with E-state index in [1.165, 1.54) is 4.88 Å². The molecule has 0 spiro atoms. The van der Waals surface area contributed by atoms with Crippen molar-refractivity contribution < 1.29 is 4.74 Å². The van der Waals surface area contributed by atoms with E-state index in [1.54, 1.807) is 11.3 Å². The monoisotopic (exact) mass is 244 g/mol. The fourth-order valence-electron chi connectivity index (χ4n) is 1.35. The van der Waals surface area contributed by atoms with E-state index in [0.717, 1.165) is 38.0 Å². The average Bonchev–Trinajstić information content (AvgIpc) is 2.75. The van der Waals surface area contributed by atoms with Crippen molar-refractivity contribution in [2.24, 2.45) is 5.84 Å². The van der Waals surface area contributed by atoms with Crippen molar-refractivity contribution in [2.75, 3.05) is 31.7 Å². The summed E-state index contributed by atoms with van der Waals surface area (Å²) < 4.78 is 5.34. The van der Waals surface area contributed by atoms with E-state index in [-0.39, 0.29) is 0 Å². The number of hydrazine groups is 1. The lowest BCUT2D eigenvalue weighted by molar-refractivity contribution is 0.113. The van der Waals surface area contributed by atoms with Gasteiger partial charge in [-0.25, -0.2) is 10.8 Å². The van der Waals surface area contributed by atoms with E-state index in [2.05, 4.69) is 22.2 Å². The van der Waals surface area contributed by atoms with Gasteiger partial charge in [0, 0.05) is 30.8 Å². The molecule has 0 unspecified atom stereocenters. The zero-order valence-electron chi connectivity index (χ0n) is 9.90. The van der Waals surface area contributed by atoms with Crippen molar-refractivity contribution in [1.29, 1.82) is 0 Å². The van der Waals surface area contributed by atoms with Crippen LogP contribution < -0.4 is 11.3 Å². The summed E-state index contributed by atoms with van der Waals surface area (Å²) in [5.74, 6) is 5.29. The summed E-state index contributed by atoms with van der Waals surface area (Å²) in [7, 11) is 0. The minimum absolute atomic E-state index is 0.760. The number of likely N-dealkylation sites (N-methyl/N-ethyl adjacent to an activating group) is 1. The summed E-state index contributed by atoms with van der Waals surface area (Å²) in [5.41, 5.74) is 2.56. The lowest BCUT2D eigenvalue weighted by atomic mass is 10.4. The third-order valence-corrected chi connectivity index (χ3v) is 3.17. The molecule has 1 rings (SSSR count). The molecular weight excluding hydrogens is 224 g/mol. The maximum Gasteiger partial charge on any atom is 0.197 e. The SMILES string of the molecule is CCOCCN(CC)Cc1cnc(NN)s1. The van der Waals surface area contributed by atoms with Gasteiger partial charge in [-0.3, -0.25) is 10.3 Å². The maximum atomic E-state index is 5.34. The molecule has 0 fully saturated rings. The maximum absolute atomic E-state index is 5.34. The number of nitrogen functional groups attached to an aromatic ring is 1. The first-order valence-corrected chi connectivity index (χ1v) is 6.33. The quantitative estimate of drug-likeness (QED) is 0.410. The van der Waals surface area contributed by atoms with Crippen molar-refractivity contribution in [3.8, 4) is 0 Å². The Morgan fingerprint density at radius 2 is 2.38 bits per heavy atom. The Balaban J connectivity index is 2.36. The van der Waals surface area contributed by atoms with Gasteiger partial charge < -0.3 is 4.74 Å². The number of hydrogen-bond donors (Lipinski definition) is 2. The zero-order chi connectivity index (χ0) is 11.8. The highest BCUT2D eigenvalue weighted by atomic mass is 32.1. The fourth-order valence-corrected chi connectivity index (χ4v) is 2.12. The summed E-state index contributed by atoms with van der Waals surface area (Å²) in [4.78, 5) is 7.68. The molecule has 0 bridgehead atoms. The number of anilines is 1. The lowest BCUT2D eigenvalue weighted by Crippen LogP contribution is -2.26. The van der Waals surface area contributed by atoms with E-state index in [4.69, 9.17) is 10.6 Å². The topological polar surface area (TPSA) is 63.4 Å². The van der Waals surface area contributed by atoms with E-state index < -0.39 is 0 Å². The van der Waals surface area contributed by atoms with Crippen LogP contribution in [-0.4, -0.2) is 36.2 Å². The van der Waals surface area contributed by atoms with Gasteiger partial charge in [-0.2, -0.15) is 0 Å². The molecule has 0 aliphatic rings. The molecule has 0 amide bonds. The number of thiazole rings is 1. The first kappa shape index (κ1) is 13.4. The van der Waals surface area contributed by atoms with Crippen LogP contribution >= 0.6 is 11.3 Å². The second-order valence-corrected chi connectivity index (χ2v) is 4.46. The van der Waals surface area contributed by atoms with Crippen molar-refractivity contribution in [2.45, 2.75) is 20.4 Å². The summed E-state index contributed by atoms with van der Waals surface area (Å²) in [6.07, 6.45) is 1.86. The molecule has 0 saturated carbocycles. The van der Waals surface area contributed by atoms with Gasteiger partial charge in [0.15, 0.2) is 5.13 Å². The van der Waals surface area contributed by atoms with E-state index in [1.807, 2.05) is 13.1 Å². The van der Waals surface area contributed by atoms with Crippen LogP contribution in [0.1, 0.15) is 18.7 Å². The van der Waals surface area contributed by atoms with Crippen LogP contribution in [0.15, 0.2) is 6.20 Å². The third kappa shape index (κ3) is 4.44. The first-order valence-electron chi connectivity index (χ1n) is 5.51. The lowest BCUT2D eigenvalue weighted by Gasteiger charge is -2.18. The molecule has 0 aliphatic heterocycles. The molecule has 0 saturated heterocycles. The normalized spacial score (nSPS) is 11.0. The highest BCUT2D eigenvalue weighted by Gasteiger charge is 2.06. The Labute approximate surface area is 101 Å². The second-order valence-electron chi connectivity index (χ2n) is 3.34. The van der Waals surface area contributed by atoms with Crippen LogP contribution in [0, 0.1) is 0 Å². The van der Waals surface area contributed by atoms with Gasteiger partial charge in [-0.1, -0.05) is 18.3 Å². The van der Waals surface area contributed by atoms with E-state index >= 15 is 0 Å². The molecule has 1 heterocycles. The summed E-state index contributed by atoms with van der Waals surface area (Å²) >= 11 is 1.59. The summed E-state index contributed by atoms with van der Waals surface area (Å²) in [6.45, 7) is 8.59. The molecular formula is C10H20N4OS. The van der Waals surface area contributed by atoms with Crippen LogP contribution in [0.2, 0.25) is 0 Å². The number of hydrogen-bond acceptors (Lipinski definition) is 6. The van der Waals surface area contributed by atoms with Crippen molar-refractivity contribution >= 4 is 16.5 Å². The Morgan fingerprint density at radius 1 is 1.56 bits per heavy atom. The second kappa shape index (κ2) is 7.56. The molecule has 0 atom stereocenters. The highest BCUT2D eigenvalue weighted by Crippen LogP contribution is 2.18. The molecule has 3 N–H and O–H groups in total. The van der Waals surface area contributed by atoms with Gasteiger partial charge in [-0.15, -0.1) is 0 Å². The largest absolute Gasteiger partial charge is 0.380 e. The van der Waals surface area contributed by atoms with Crippen molar-refractivity contribution in [3.63, 3.8) is 0 Å². The molecule has 92 valence electrons. The number of ether oxygens (including phenoxy) is 1. The van der Waals surface area contributed by atoms with Gasteiger partial charge in [0.25, 0.3) is 0 Å².